The van der Waals surface area contributed by atoms with Crippen molar-refractivity contribution in [2.75, 3.05) is 5.32 Å². The molecule has 1 aromatic carbocycles. The number of rotatable bonds is 4. The van der Waals surface area contributed by atoms with Gasteiger partial charge in [-0.15, -0.1) is 0 Å². The van der Waals surface area contributed by atoms with Crippen LogP contribution in [0.5, 0.6) is 0 Å². The Bertz CT molecular complexity index is 611. The van der Waals surface area contributed by atoms with Crippen LogP contribution in [0.1, 0.15) is 41.6 Å². The third kappa shape index (κ3) is 3.44. The van der Waals surface area contributed by atoms with Crippen LogP contribution in [0.2, 0.25) is 0 Å². The Balaban J connectivity index is 2.19. The molecule has 1 fully saturated rings. The molecule has 0 aromatic heterocycles. The van der Waals surface area contributed by atoms with E-state index in [0.29, 0.717) is 24.1 Å². The summed E-state index contributed by atoms with van der Waals surface area (Å²) in [4.78, 5) is 34.4. The van der Waals surface area contributed by atoms with E-state index in [1.165, 1.54) is 12.1 Å². The van der Waals surface area contributed by atoms with E-state index in [4.69, 9.17) is 0 Å². The number of hydrogen-bond donors (Lipinski definition) is 1. The van der Waals surface area contributed by atoms with Gasteiger partial charge in [-0.2, -0.15) is 0 Å². The van der Waals surface area contributed by atoms with Gasteiger partial charge in [-0.05, 0) is 37.0 Å². The number of carboxylic acid groups (broad SMARTS) is 2. The summed E-state index contributed by atoms with van der Waals surface area (Å²) in [5.41, 5.74) is 1.01. The zero-order chi connectivity index (χ0) is 16.3. The molecule has 0 radical (unpaired) electrons. The summed E-state index contributed by atoms with van der Waals surface area (Å²) in [6.07, 6.45) is 2.48. The SMILES string of the molecule is Cc1ccc(C(=O)[O-])cc1NC(=O)[C@@H]1CCCC[C@H]1C(=O)[O-]. The molecule has 0 unspecified atom stereocenters. The normalized spacial score (nSPS) is 21.1. The van der Waals surface area contributed by atoms with Gasteiger partial charge >= 0.3 is 0 Å². The Morgan fingerprint density at radius 1 is 1.09 bits per heavy atom. The van der Waals surface area contributed by atoms with Crippen LogP contribution < -0.4 is 15.5 Å². The molecule has 1 aromatic rings. The zero-order valence-corrected chi connectivity index (χ0v) is 12.3. The Morgan fingerprint density at radius 2 is 1.73 bits per heavy atom. The van der Waals surface area contributed by atoms with Gasteiger partial charge in [-0.25, -0.2) is 0 Å². The van der Waals surface area contributed by atoms with Crippen LogP contribution in [0.3, 0.4) is 0 Å². The Hall–Kier alpha value is -2.37. The monoisotopic (exact) mass is 303 g/mol. The first-order valence-electron chi connectivity index (χ1n) is 7.24. The molecule has 1 saturated carbocycles. The summed E-state index contributed by atoms with van der Waals surface area (Å²) in [6, 6.07) is 4.28. The Labute approximate surface area is 128 Å². The van der Waals surface area contributed by atoms with Crippen molar-refractivity contribution < 1.29 is 24.6 Å². The molecule has 1 aliphatic carbocycles. The van der Waals surface area contributed by atoms with Crippen LogP contribution in [0.15, 0.2) is 18.2 Å². The standard InChI is InChI=1S/C16H19NO5/c1-9-6-7-10(15(19)20)8-13(9)17-14(18)11-4-2-3-5-12(11)16(21)22/h6-8,11-12H,2-5H2,1H3,(H,17,18)(H,19,20)(H,21,22)/p-2/t11-,12-/m1/s1. The number of nitrogens with one attached hydrogen (secondary N) is 1. The number of carbonyl (C=O) groups is 3. The van der Waals surface area contributed by atoms with Crippen LogP contribution in [0.4, 0.5) is 5.69 Å². The molecule has 2 atom stereocenters. The second kappa shape index (κ2) is 6.60. The molecule has 0 aliphatic heterocycles. The Kier molecular flexibility index (Phi) is 4.80. The van der Waals surface area contributed by atoms with Gasteiger partial charge in [0.2, 0.25) is 5.91 Å². The van der Waals surface area contributed by atoms with E-state index < -0.39 is 29.7 Å². The van der Waals surface area contributed by atoms with Gasteiger partial charge < -0.3 is 25.1 Å². The molecule has 0 bridgehead atoms. The predicted molar refractivity (Wildman–Crippen MR) is 74.6 cm³/mol. The maximum atomic E-state index is 12.4. The van der Waals surface area contributed by atoms with E-state index in [1.807, 2.05) is 0 Å². The predicted octanol–water partition coefficient (Wildman–Crippen LogP) is -0.147. The van der Waals surface area contributed by atoms with E-state index >= 15 is 0 Å². The number of aliphatic carboxylic acids is 1. The minimum Gasteiger partial charge on any atom is -0.550 e. The molecule has 1 N–H and O–H groups in total. The third-order valence-corrected chi connectivity index (χ3v) is 4.14. The molecule has 0 saturated heterocycles. The lowest BCUT2D eigenvalue weighted by Crippen LogP contribution is -2.42. The van der Waals surface area contributed by atoms with Crippen LogP contribution in [-0.2, 0) is 9.59 Å². The van der Waals surface area contributed by atoms with Crippen molar-refractivity contribution in [2.24, 2.45) is 11.8 Å². The fraction of sp³-hybridized carbons (Fsp3) is 0.438. The smallest absolute Gasteiger partial charge is 0.228 e. The molecule has 0 heterocycles. The van der Waals surface area contributed by atoms with Crippen molar-refractivity contribution in [2.45, 2.75) is 32.6 Å². The molecular formula is C16H17NO5-2. The van der Waals surface area contributed by atoms with E-state index in [0.717, 1.165) is 12.8 Å². The van der Waals surface area contributed by atoms with Crippen molar-refractivity contribution in [1.82, 2.24) is 0 Å². The summed E-state index contributed by atoms with van der Waals surface area (Å²) < 4.78 is 0. The number of hydrogen-bond acceptors (Lipinski definition) is 5. The number of anilines is 1. The third-order valence-electron chi connectivity index (χ3n) is 4.14. The van der Waals surface area contributed by atoms with E-state index in [-0.39, 0.29) is 5.56 Å². The highest BCUT2D eigenvalue weighted by molar-refractivity contribution is 5.97. The fourth-order valence-corrected chi connectivity index (χ4v) is 2.84. The fourth-order valence-electron chi connectivity index (χ4n) is 2.84. The van der Waals surface area contributed by atoms with Crippen LogP contribution in [0, 0.1) is 18.8 Å². The lowest BCUT2D eigenvalue weighted by Gasteiger charge is -2.31. The molecule has 118 valence electrons. The largest absolute Gasteiger partial charge is 0.550 e. The quantitative estimate of drug-likeness (QED) is 0.832. The van der Waals surface area contributed by atoms with Gasteiger partial charge in [0.1, 0.15) is 0 Å². The van der Waals surface area contributed by atoms with Crippen LogP contribution in [0.25, 0.3) is 0 Å². The maximum Gasteiger partial charge on any atom is 0.228 e. The molecule has 22 heavy (non-hydrogen) atoms. The number of carbonyl (C=O) groups excluding carboxylic acids is 3. The number of aryl methyl sites for hydroxylation is 1. The summed E-state index contributed by atoms with van der Waals surface area (Å²) >= 11 is 0. The van der Waals surface area contributed by atoms with Crippen molar-refractivity contribution in [3.05, 3.63) is 29.3 Å². The summed E-state index contributed by atoms with van der Waals surface area (Å²) in [5.74, 6) is -4.39. The topological polar surface area (TPSA) is 109 Å². The van der Waals surface area contributed by atoms with E-state index in [2.05, 4.69) is 5.32 Å². The average molecular weight is 303 g/mol. The highest BCUT2D eigenvalue weighted by Gasteiger charge is 2.31. The second-order valence-electron chi connectivity index (χ2n) is 5.62. The molecule has 1 aliphatic rings. The molecule has 1 amide bonds. The minimum atomic E-state index is -1.33. The van der Waals surface area contributed by atoms with Crippen molar-refractivity contribution in [1.29, 1.82) is 0 Å². The second-order valence-corrected chi connectivity index (χ2v) is 5.62. The summed E-state index contributed by atoms with van der Waals surface area (Å²) in [6.45, 7) is 1.73. The molecule has 6 nitrogen and oxygen atoms in total. The highest BCUT2D eigenvalue weighted by atomic mass is 16.4. The molecule has 2 rings (SSSR count). The lowest BCUT2D eigenvalue weighted by molar-refractivity contribution is -0.313. The summed E-state index contributed by atoms with van der Waals surface area (Å²) in [7, 11) is 0. The number of amides is 1. The van der Waals surface area contributed by atoms with Gasteiger partial charge in [0.05, 0.1) is 5.97 Å². The molecule has 6 heteroatoms. The molecule has 0 spiro atoms. The zero-order valence-electron chi connectivity index (χ0n) is 12.3. The maximum absolute atomic E-state index is 12.4. The van der Waals surface area contributed by atoms with Gasteiger partial charge in [0.25, 0.3) is 0 Å². The van der Waals surface area contributed by atoms with Gasteiger partial charge in [-0.1, -0.05) is 25.0 Å². The van der Waals surface area contributed by atoms with E-state index in [9.17, 15) is 24.6 Å². The first-order chi connectivity index (χ1) is 10.4. The van der Waals surface area contributed by atoms with Crippen molar-refractivity contribution >= 4 is 23.5 Å². The average Bonchev–Trinajstić information content (AvgIpc) is 2.49. The highest BCUT2D eigenvalue weighted by Crippen LogP contribution is 2.31. The lowest BCUT2D eigenvalue weighted by atomic mass is 9.78. The number of carboxylic acids is 2. The number of aromatic carboxylic acids is 1. The summed E-state index contributed by atoms with van der Waals surface area (Å²) in [5, 5.41) is 24.7. The van der Waals surface area contributed by atoms with Gasteiger partial charge in [0.15, 0.2) is 0 Å². The Morgan fingerprint density at radius 3 is 2.32 bits per heavy atom. The van der Waals surface area contributed by atoms with Crippen molar-refractivity contribution in [3.8, 4) is 0 Å². The van der Waals surface area contributed by atoms with Crippen LogP contribution in [-0.4, -0.2) is 17.8 Å². The van der Waals surface area contributed by atoms with Gasteiger partial charge in [-0.3, -0.25) is 4.79 Å². The first-order valence-corrected chi connectivity index (χ1v) is 7.24. The van der Waals surface area contributed by atoms with E-state index in [1.54, 1.807) is 13.0 Å². The van der Waals surface area contributed by atoms with Crippen LogP contribution >= 0.6 is 0 Å². The van der Waals surface area contributed by atoms with Crippen molar-refractivity contribution in [3.63, 3.8) is 0 Å². The first kappa shape index (κ1) is 16.0. The minimum absolute atomic E-state index is 0.0407. The van der Waals surface area contributed by atoms with Gasteiger partial charge in [0, 0.05) is 23.5 Å². The molecular weight excluding hydrogens is 286 g/mol. The number of benzene rings is 1.